The number of hydrogen-bond donors (Lipinski definition) is 1. The third-order valence-corrected chi connectivity index (χ3v) is 3.79. The van der Waals surface area contributed by atoms with E-state index in [1.807, 2.05) is 31.2 Å². The molecule has 1 unspecified atom stereocenters. The number of rotatable bonds is 3. The third kappa shape index (κ3) is 2.87. The Balaban J connectivity index is 2.25. The summed E-state index contributed by atoms with van der Waals surface area (Å²) in [6, 6.07) is 7.96. The molecule has 0 spiro atoms. The lowest BCUT2D eigenvalue weighted by atomic mass is 9.76. The van der Waals surface area contributed by atoms with E-state index < -0.39 is 5.97 Å². The van der Waals surface area contributed by atoms with Gasteiger partial charge in [-0.3, -0.25) is 4.79 Å². The van der Waals surface area contributed by atoms with Gasteiger partial charge in [0.05, 0.1) is 5.92 Å². The molecule has 0 aromatic heterocycles. The minimum Gasteiger partial charge on any atom is -0.481 e. The van der Waals surface area contributed by atoms with Crippen LogP contribution in [0.1, 0.15) is 49.1 Å². The molecule has 0 radical (unpaired) electrons. The summed E-state index contributed by atoms with van der Waals surface area (Å²) in [7, 11) is 0. The molecule has 1 fully saturated rings. The molecular formula is C15H20O2. The van der Waals surface area contributed by atoms with E-state index in [1.54, 1.807) is 0 Å². The second kappa shape index (κ2) is 5.35. The highest BCUT2D eigenvalue weighted by atomic mass is 16.4. The van der Waals surface area contributed by atoms with Gasteiger partial charge in [-0.2, -0.15) is 0 Å². The molecule has 92 valence electrons. The predicted molar refractivity (Wildman–Crippen MR) is 68.1 cm³/mol. The summed E-state index contributed by atoms with van der Waals surface area (Å²) in [6.45, 7) is 2.02. The van der Waals surface area contributed by atoms with Gasteiger partial charge in [0.25, 0.3) is 0 Å². The fraction of sp³-hybridized carbons (Fsp3) is 0.533. The van der Waals surface area contributed by atoms with E-state index in [2.05, 4.69) is 0 Å². The molecule has 1 aromatic carbocycles. The molecule has 2 rings (SSSR count). The molecule has 1 aliphatic carbocycles. The van der Waals surface area contributed by atoms with Crippen LogP contribution in [0.25, 0.3) is 0 Å². The van der Waals surface area contributed by atoms with Crippen LogP contribution < -0.4 is 0 Å². The van der Waals surface area contributed by atoms with E-state index >= 15 is 0 Å². The van der Waals surface area contributed by atoms with Crippen LogP contribution in [-0.2, 0) is 4.79 Å². The lowest BCUT2D eigenvalue weighted by molar-refractivity contribution is -0.140. The fourth-order valence-electron chi connectivity index (χ4n) is 2.95. The van der Waals surface area contributed by atoms with E-state index in [0.717, 1.165) is 24.0 Å². The van der Waals surface area contributed by atoms with Crippen molar-refractivity contribution < 1.29 is 9.90 Å². The van der Waals surface area contributed by atoms with Crippen LogP contribution in [0.2, 0.25) is 0 Å². The predicted octanol–water partition coefficient (Wildman–Crippen LogP) is 3.74. The van der Waals surface area contributed by atoms with Gasteiger partial charge < -0.3 is 5.11 Å². The SMILES string of the molecule is Cc1cccc(C(C(=O)O)C2CCCCC2)c1. The monoisotopic (exact) mass is 232 g/mol. The van der Waals surface area contributed by atoms with Crippen molar-refractivity contribution in [1.29, 1.82) is 0 Å². The standard InChI is InChI=1S/C15H20O2/c1-11-6-5-9-13(10-11)14(15(16)17)12-7-3-2-4-8-12/h5-6,9-10,12,14H,2-4,7-8H2,1H3,(H,16,17). The maximum Gasteiger partial charge on any atom is 0.311 e. The van der Waals surface area contributed by atoms with Crippen LogP contribution in [0.15, 0.2) is 24.3 Å². The molecule has 0 saturated heterocycles. The molecule has 2 nitrogen and oxygen atoms in total. The van der Waals surface area contributed by atoms with Crippen molar-refractivity contribution in [3.05, 3.63) is 35.4 Å². The van der Waals surface area contributed by atoms with Crippen molar-refractivity contribution in [2.45, 2.75) is 44.9 Å². The Hall–Kier alpha value is -1.31. The molecule has 0 aliphatic heterocycles. The Labute approximate surface area is 103 Å². The van der Waals surface area contributed by atoms with Crippen LogP contribution in [0.3, 0.4) is 0 Å². The normalized spacial score (nSPS) is 18.9. The van der Waals surface area contributed by atoms with Gasteiger partial charge in [-0.15, -0.1) is 0 Å². The highest BCUT2D eigenvalue weighted by Crippen LogP contribution is 2.36. The summed E-state index contributed by atoms with van der Waals surface area (Å²) in [5, 5.41) is 9.47. The minimum atomic E-state index is -0.664. The molecule has 2 heteroatoms. The lowest BCUT2D eigenvalue weighted by Gasteiger charge is -2.27. The van der Waals surface area contributed by atoms with E-state index in [9.17, 15) is 9.90 Å². The molecule has 1 N–H and O–H groups in total. The molecule has 0 heterocycles. The van der Waals surface area contributed by atoms with Gasteiger partial charge in [-0.25, -0.2) is 0 Å². The zero-order valence-corrected chi connectivity index (χ0v) is 10.4. The molecular weight excluding hydrogens is 212 g/mol. The van der Waals surface area contributed by atoms with Crippen LogP contribution >= 0.6 is 0 Å². The Bertz CT molecular complexity index is 392. The largest absolute Gasteiger partial charge is 0.481 e. The van der Waals surface area contributed by atoms with E-state index in [0.29, 0.717) is 5.92 Å². The molecule has 1 atom stereocenters. The Kier molecular flexibility index (Phi) is 3.82. The second-order valence-electron chi connectivity index (χ2n) is 5.13. The summed E-state index contributed by atoms with van der Waals surface area (Å²) in [5.41, 5.74) is 2.12. The van der Waals surface area contributed by atoms with Crippen molar-refractivity contribution in [3.8, 4) is 0 Å². The minimum absolute atomic E-state index is 0.310. The Morgan fingerprint density at radius 3 is 2.59 bits per heavy atom. The summed E-state index contributed by atoms with van der Waals surface area (Å²) < 4.78 is 0. The first kappa shape index (κ1) is 12.2. The molecule has 17 heavy (non-hydrogen) atoms. The van der Waals surface area contributed by atoms with Crippen LogP contribution in [-0.4, -0.2) is 11.1 Å². The van der Waals surface area contributed by atoms with Gasteiger partial charge in [-0.1, -0.05) is 49.1 Å². The van der Waals surface area contributed by atoms with Crippen molar-refractivity contribution in [1.82, 2.24) is 0 Å². The first-order chi connectivity index (χ1) is 8.18. The summed E-state index contributed by atoms with van der Waals surface area (Å²) in [4.78, 5) is 11.5. The summed E-state index contributed by atoms with van der Waals surface area (Å²) >= 11 is 0. The van der Waals surface area contributed by atoms with Crippen molar-refractivity contribution >= 4 is 5.97 Å². The Morgan fingerprint density at radius 2 is 2.00 bits per heavy atom. The Morgan fingerprint density at radius 1 is 1.29 bits per heavy atom. The quantitative estimate of drug-likeness (QED) is 0.861. The highest BCUT2D eigenvalue weighted by Gasteiger charge is 2.30. The summed E-state index contributed by atoms with van der Waals surface area (Å²) in [5.74, 6) is -0.652. The van der Waals surface area contributed by atoms with Gasteiger partial charge in [-0.05, 0) is 31.2 Å². The lowest BCUT2D eigenvalue weighted by Crippen LogP contribution is -2.23. The fourth-order valence-corrected chi connectivity index (χ4v) is 2.95. The number of carboxylic acid groups (broad SMARTS) is 1. The number of benzene rings is 1. The molecule has 1 aromatic rings. The van der Waals surface area contributed by atoms with Crippen LogP contribution in [0, 0.1) is 12.8 Å². The number of aliphatic carboxylic acids is 1. The van der Waals surface area contributed by atoms with E-state index in [1.165, 1.54) is 19.3 Å². The van der Waals surface area contributed by atoms with E-state index in [-0.39, 0.29) is 5.92 Å². The van der Waals surface area contributed by atoms with Crippen LogP contribution in [0.4, 0.5) is 0 Å². The van der Waals surface area contributed by atoms with Crippen molar-refractivity contribution in [2.24, 2.45) is 5.92 Å². The second-order valence-corrected chi connectivity index (χ2v) is 5.13. The zero-order valence-electron chi connectivity index (χ0n) is 10.4. The number of carbonyl (C=O) groups is 1. The maximum atomic E-state index is 11.5. The van der Waals surface area contributed by atoms with Gasteiger partial charge in [0.1, 0.15) is 0 Å². The highest BCUT2D eigenvalue weighted by molar-refractivity contribution is 5.76. The topological polar surface area (TPSA) is 37.3 Å². The maximum absolute atomic E-state index is 11.5. The van der Waals surface area contributed by atoms with Gasteiger partial charge in [0, 0.05) is 0 Å². The first-order valence-electron chi connectivity index (χ1n) is 6.48. The average Bonchev–Trinajstić information content (AvgIpc) is 2.30. The number of aryl methyl sites for hydroxylation is 1. The summed E-state index contributed by atoms with van der Waals surface area (Å²) in [6.07, 6.45) is 5.74. The first-order valence-corrected chi connectivity index (χ1v) is 6.48. The van der Waals surface area contributed by atoms with Crippen molar-refractivity contribution in [2.75, 3.05) is 0 Å². The molecule has 0 bridgehead atoms. The van der Waals surface area contributed by atoms with Crippen molar-refractivity contribution in [3.63, 3.8) is 0 Å². The molecule has 1 saturated carbocycles. The number of hydrogen-bond acceptors (Lipinski definition) is 1. The van der Waals surface area contributed by atoms with Gasteiger partial charge in [0.2, 0.25) is 0 Å². The molecule has 0 amide bonds. The van der Waals surface area contributed by atoms with Gasteiger partial charge >= 0.3 is 5.97 Å². The zero-order chi connectivity index (χ0) is 12.3. The molecule has 1 aliphatic rings. The smallest absolute Gasteiger partial charge is 0.311 e. The average molecular weight is 232 g/mol. The van der Waals surface area contributed by atoms with E-state index in [4.69, 9.17) is 0 Å². The number of carboxylic acids is 1. The third-order valence-electron chi connectivity index (χ3n) is 3.79. The van der Waals surface area contributed by atoms with Crippen LogP contribution in [0.5, 0.6) is 0 Å². The van der Waals surface area contributed by atoms with Gasteiger partial charge in [0.15, 0.2) is 0 Å².